The fourth-order valence-corrected chi connectivity index (χ4v) is 2.57. The fourth-order valence-electron chi connectivity index (χ4n) is 1.36. The van der Waals surface area contributed by atoms with Crippen molar-refractivity contribution in [1.29, 1.82) is 0 Å². The maximum Gasteiger partial charge on any atom is 0.252 e. The minimum Gasteiger partial charge on any atom is -0.305 e. The molecule has 0 fully saturated rings. The molecule has 0 N–H and O–H groups in total. The Morgan fingerprint density at radius 1 is 1.05 bits per heavy atom. The van der Waals surface area contributed by atoms with Gasteiger partial charge in [-0.25, -0.2) is 0 Å². The summed E-state index contributed by atoms with van der Waals surface area (Å²) in [5, 5.41) is -0.637. The summed E-state index contributed by atoms with van der Waals surface area (Å²) < 4.78 is 0.845. The van der Waals surface area contributed by atoms with Crippen LogP contribution in [-0.2, 0) is 9.59 Å². The van der Waals surface area contributed by atoms with Crippen molar-refractivity contribution < 1.29 is 14.4 Å². The summed E-state index contributed by atoms with van der Waals surface area (Å²) in [6.45, 7) is 0. The summed E-state index contributed by atoms with van der Waals surface area (Å²) in [4.78, 5) is 36.0. The van der Waals surface area contributed by atoms with E-state index in [1.165, 1.54) is 21.9 Å². The number of alkyl halides is 2. The van der Waals surface area contributed by atoms with E-state index in [1.807, 2.05) is 45.2 Å². The number of anilines is 2. The van der Waals surface area contributed by atoms with Gasteiger partial charge in [-0.05, 0) is 29.8 Å². The highest BCUT2D eigenvalue weighted by atomic mass is 127. The van der Waals surface area contributed by atoms with Gasteiger partial charge >= 0.3 is 0 Å². The molecule has 0 aliphatic heterocycles. The molecule has 0 aliphatic carbocycles. The largest absolute Gasteiger partial charge is 0.305 e. The van der Waals surface area contributed by atoms with Gasteiger partial charge in [0.25, 0.3) is 5.24 Å². The van der Waals surface area contributed by atoms with Gasteiger partial charge in [0.1, 0.15) is 0 Å². The molecular formula is C11H9ClI2N2O3. The summed E-state index contributed by atoms with van der Waals surface area (Å²) in [5.41, 5.74) is 1.27. The Morgan fingerprint density at radius 2 is 1.47 bits per heavy atom. The molecule has 1 aromatic carbocycles. The second kappa shape index (κ2) is 8.00. The predicted molar refractivity (Wildman–Crippen MR) is 91.5 cm³/mol. The third-order valence-electron chi connectivity index (χ3n) is 2.30. The van der Waals surface area contributed by atoms with E-state index in [-0.39, 0.29) is 5.56 Å². The molecule has 102 valence electrons. The number of nitrogens with zero attached hydrogens (tertiary/aromatic N) is 2. The number of benzene rings is 1. The first-order valence-electron chi connectivity index (χ1n) is 4.98. The van der Waals surface area contributed by atoms with Gasteiger partial charge in [-0.15, -0.1) is 0 Å². The quantitative estimate of drug-likeness (QED) is 0.188. The molecule has 1 rings (SSSR count). The molecule has 1 aromatic rings. The molecule has 0 aromatic heterocycles. The molecular weight excluding hydrogens is 497 g/mol. The van der Waals surface area contributed by atoms with Crippen molar-refractivity contribution >= 4 is 86.2 Å². The molecule has 0 radical (unpaired) electrons. The lowest BCUT2D eigenvalue weighted by molar-refractivity contribution is -0.107. The van der Waals surface area contributed by atoms with Crippen LogP contribution in [0.4, 0.5) is 11.4 Å². The zero-order valence-electron chi connectivity index (χ0n) is 9.55. The molecule has 0 spiro atoms. The third kappa shape index (κ3) is 4.28. The van der Waals surface area contributed by atoms with Gasteiger partial charge in [-0.3, -0.25) is 14.4 Å². The van der Waals surface area contributed by atoms with E-state index >= 15 is 0 Å². The van der Waals surface area contributed by atoms with Gasteiger partial charge in [-0.1, -0.05) is 45.2 Å². The van der Waals surface area contributed by atoms with Gasteiger partial charge in [0.15, 0.2) is 0 Å². The van der Waals surface area contributed by atoms with Crippen LogP contribution in [-0.4, -0.2) is 27.2 Å². The maximum absolute atomic E-state index is 11.3. The van der Waals surface area contributed by atoms with Gasteiger partial charge in [0.05, 0.1) is 9.10 Å². The Morgan fingerprint density at radius 3 is 1.74 bits per heavy atom. The molecule has 0 aliphatic rings. The van der Waals surface area contributed by atoms with Crippen molar-refractivity contribution in [2.24, 2.45) is 0 Å². The summed E-state index contributed by atoms with van der Waals surface area (Å²) in [6, 6.07) is 4.69. The Bertz CT molecular complexity index is 465. The molecule has 19 heavy (non-hydrogen) atoms. The molecule has 5 nitrogen and oxygen atoms in total. The van der Waals surface area contributed by atoms with Crippen LogP contribution in [0.5, 0.6) is 0 Å². The lowest BCUT2D eigenvalue weighted by Gasteiger charge is -2.20. The molecule has 0 bridgehead atoms. The lowest BCUT2D eigenvalue weighted by atomic mass is 10.1. The molecule has 8 heteroatoms. The monoisotopic (exact) mass is 506 g/mol. The van der Waals surface area contributed by atoms with Gasteiger partial charge in [0.2, 0.25) is 12.8 Å². The fraction of sp³-hybridized carbons (Fsp3) is 0.182. The van der Waals surface area contributed by atoms with E-state index < -0.39 is 5.24 Å². The van der Waals surface area contributed by atoms with Crippen LogP contribution in [0.1, 0.15) is 10.4 Å². The van der Waals surface area contributed by atoms with Crippen molar-refractivity contribution in [3.63, 3.8) is 0 Å². The standard InChI is InChI=1S/C11H9ClI2N2O3/c12-11(19)8-1-9(15(4-13)6-17)3-10(2-8)16(5-14)7-18/h1-3,6-7H,4-5H2. The van der Waals surface area contributed by atoms with E-state index in [0.29, 0.717) is 33.3 Å². The average Bonchev–Trinajstić information content (AvgIpc) is 2.41. The number of hydrogen-bond acceptors (Lipinski definition) is 3. The van der Waals surface area contributed by atoms with Crippen LogP contribution in [0.3, 0.4) is 0 Å². The van der Waals surface area contributed by atoms with E-state index in [4.69, 9.17) is 11.6 Å². The number of halogens is 3. The lowest BCUT2D eigenvalue weighted by Crippen LogP contribution is -2.22. The van der Waals surface area contributed by atoms with Crippen molar-refractivity contribution in [2.45, 2.75) is 0 Å². The second-order valence-electron chi connectivity index (χ2n) is 3.40. The zero-order chi connectivity index (χ0) is 14.4. The highest BCUT2D eigenvalue weighted by Crippen LogP contribution is 2.26. The second-order valence-corrected chi connectivity index (χ2v) is 5.11. The Hall–Kier alpha value is -0.420. The Balaban J connectivity index is 3.36. The highest BCUT2D eigenvalue weighted by molar-refractivity contribution is 14.1. The molecule has 0 atom stereocenters. The van der Waals surface area contributed by atoms with Crippen LogP contribution in [0.2, 0.25) is 0 Å². The van der Waals surface area contributed by atoms with Crippen molar-refractivity contribution in [3.05, 3.63) is 23.8 Å². The van der Waals surface area contributed by atoms with Crippen LogP contribution in [0.25, 0.3) is 0 Å². The van der Waals surface area contributed by atoms with Gasteiger partial charge < -0.3 is 9.80 Å². The smallest absolute Gasteiger partial charge is 0.252 e. The van der Waals surface area contributed by atoms with Crippen LogP contribution >= 0.6 is 56.8 Å². The summed E-state index contributed by atoms with van der Waals surface area (Å²) in [5.74, 6) is 0. The van der Waals surface area contributed by atoms with E-state index in [1.54, 1.807) is 6.07 Å². The number of amides is 2. The number of hydrogen-bond donors (Lipinski definition) is 0. The van der Waals surface area contributed by atoms with Crippen LogP contribution in [0, 0.1) is 0 Å². The average molecular weight is 506 g/mol. The van der Waals surface area contributed by atoms with Crippen LogP contribution < -0.4 is 9.80 Å². The maximum atomic E-state index is 11.3. The van der Waals surface area contributed by atoms with Gasteiger partial charge in [0, 0.05) is 16.9 Å². The highest BCUT2D eigenvalue weighted by Gasteiger charge is 2.13. The van der Waals surface area contributed by atoms with Crippen molar-refractivity contribution in [3.8, 4) is 0 Å². The number of carbonyl (C=O) groups is 3. The topological polar surface area (TPSA) is 57.7 Å². The van der Waals surface area contributed by atoms with E-state index in [9.17, 15) is 14.4 Å². The minimum atomic E-state index is -0.637. The van der Waals surface area contributed by atoms with Gasteiger partial charge in [-0.2, -0.15) is 0 Å². The summed E-state index contributed by atoms with van der Waals surface area (Å²) in [6.07, 6.45) is 1.31. The van der Waals surface area contributed by atoms with E-state index in [0.717, 1.165) is 0 Å². The molecule has 2 amide bonds. The molecule has 0 saturated carbocycles. The molecule has 0 heterocycles. The number of rotatable bonds is 7. The zero-order valence-corrected chi connectivity index (χ0v) is 14.6. The Labute approximate surface area is 142 Å². The van der Waals surface area contributed by atoms with E-state index in [2.05, 4.69) is 0 Å². The molecule has 0 saturated heterocycles. The Kier molecular flexibility index (Phi) is 7.00. The first kappa shape index (κ1) is 16.6. The normalized spacial score (nSPS) is 9.84. The van der Waals surface area contributed by atoms with Crippen molar-refractivity contribution in [2.75, 3.05) is 18.9 Å². The predicted octanol–water partition coefficient (Wildman–Crippen LogP) is 2.78. The first-order chi connectivity index (χ1) is 9.07. The minimum absolute atomic E-state index is 0.238. The molecule has 0 unspecified atom stereocenters. The number of carbonyl (C=O) groups excluding carboxylic acids is 3. The van der Waals surface area contributed by atoms with Crippen LogP contribution in [0.15, 0.2) is 18.2 Å². The summed E-state index contributed by atoms with van der Waals surface area (Å²) in [7, 11) is 0. The SMILES string of the molecule is O=CN(CI)c1cc(C(=O)Cl)cc(N(C=O)CI)c1. The summed E-state index contributed by atoms with van der Waals surface area (Å²) >= 11 is 9.52. The van der Waals surface area contributed by atoms with Crippen molar-refractivity contribution in [1.82, 2.24) is 0 Å². The first-order valence-corrected chi connectivity index (χ1v) is 8.41. The third-order valence-corrected chi connectivity index (χ3v) is 3.99.